The highest BCUT2D eigenvalue weighted by molar-refractivity contribution is 7.80. The highest BCUT2D eigenvalue weighted by atomic mass is 32.1. The van der Waals surface area contributed by atoms with E-state index < -0.39 is 42.9 Å². The second kappa shape index (κ2) is 13.2. The maximum absolute atomic E-state index is 12.0. The van der Waals surface area contributed by atoms with Crippen LogP contribution in [0.1, 0.15) is 50.7 Å². The Morgan fingerprint density at radius 3 is 2.42 bits per heavy atom. The van der Waals surface area contributed by atoms with E-state index in [4.69, 9.17) is 13.9 Å². The minimum absolute atomic E-state index is 0.114. The Morgan fingerprint density at radius 2 is 1.71 bits per heavy atom. The first-order valence-corrected chi connectivity index (χ1v) is 11.2. The minimum Gasteiger partial charge on any atom is -0.458 e. The molecule has 1 aromatic heterocycles. The number of Topliss-reactive ketones (excluding diaryl/α,β-unsaturated/α-hetero) is 1. The second-order valence-corrected chi connectivity index (χ2v) is 8.08. The molecule has 0 spiro atoms. The highest BCUT2D eigenvalue weighted by Gasteiger charge is 2.45. The maximum Gasteiger partial charge on any atom is 0.336 e. The maximum atomic E-state index is 12.0. The molecular weight excluding hydrogens is 428 g/mol. The van der Waals surface area contributed by atoms with Gasteiger partial charge in [-0.2, -0.15) is 12.6 Å². The van der Waals surface area contributed by atoms with Gasteiger partial charge in [0.05, 0.1) is 6.61 Å². The Kier molecular flexibility index (Phi) is 11.0. The summed E-state index contributed by atoms with van der Waals surface area (Å²) in [6.45, 7) is -0.585. The lowest BCUT2D eigenvalue weighted by Gasteiger charge is -2.39. The number of unbranched alkanes of at least 4 members (excludes halogenated alkanes) is 3. The van der Waals surface area contributed by atoms with Gasteiger partial charge >= 0.3 is 5.63 Å². The van der Waals surface area contributed by atoms with E-state index in [2.05, 4.69) is 12.6 Å². The number of ketones is 1. The zero-order valence-electron chi connectivity index (χ0n) is 17.4. The molecule has 1 aliphatic heterocycles. The molecule has 10 heteroatoms. The average Bonchev–Trinajstić information content (AvgIpc) is 2.75. The first-order valence-electron chi connectivity index (χ1n) is 10.6. The van der Waals surface area contributed by atoms with Crippen molar-refractivity contribution in [2.75, 3.05) is 12.4 Å². The summed E-state index contributed by atoms with van der Waals surface area (Å²) in [6, 6.07) is 2.49. The molecule has 5 unspecified atom stereocenters. The first-order chi connectivity index (χ1) is 14.9. The molecule has 4 N–H and O–H groups in total. The summed E-state index contributed by atoms with van der Waals surface area (Å²) in [5, 5.41) is 39.2. The number of thiol groups is 1. The molecule has 1 saturated heterocycles. The third kappa shape index (κ3) is 7.89. The molecule has 1 fully saturated rings. The van der Waals surface area contributed by atoms with Crippen LogP contribution in [0.4, 0.5) is 0 Å². The largest absolute Gasteiger partial charge is 0.458 e. The Bertz CT molecular complexity index is 736. The molecule has 0 aliphatic carbocycles. The summed E-state index contributed by atoms with van der Waals surface area (Å²) in [7, 11) is 0. The molecule has 5 atom stereocenters. The lowest BCUT2D eigenvalue weighted by molar-refractivity contribution is -0.277. The first kappa shape index (κ1) is 25.8. The van der Waals surface area contributed by atoms with Gasteiger partial charge in [-0.3, -0.25) is 4.79 Å². The average molecular weight is 461 g/mol. The molecule has 1 aromatic rings. The molecule has 0 bridgehead atoms. The molecule has 0 amide bonds. The van der Waals surface area contributed by atoms with Gasteiger partial charge in [0.15, 0.2) is 5.75 Å². The van der Waals surface area contributed by atoms with Crippen LogP contribution in [0, 0.1) is 0 Å². The van der Waals surface area contributed by atoms with Crippen molar-refractivity contribution in [1.82, 2.24) is 0 Å². The zero-order chi connectivity index (χ0) is 22.8. The van der Waals surface area contributed by atoms with E-state index in [1.807, 2.05) is 0 Å². The number of carbonyl (C=O) groups is 1. The van der Waals surface area contributed by atoms with Gasteiger partial charge in [-0.1, -0.05) is 12.8 Å². The van der Waals surface area contributed by atoms with Crippen molar-refractivity contribution in [2.24, 2.45) is 0 Å². The summed E-state index contributed by atoms with van der Waals surface area (Å²) < 4.78 is 16.1. The topological polar surface area (TPSA) is 147 Å². The fourth-order valence-corrected chi connectivity index (χ4v) is 3.59. The van der Waals surface area contributed by atoms with Crippen LogP contribution in [-0.2, 0) is 16.0 Å². The third-order valence-electron chi connectivity index (χ3n) is 5.18. The molecule has 31 heavy (non-hydrogen) atoms. The van der Waals surface area contributed by atoms with E-state index in [1.54, 1.807) is 0 Å². The zero-order valence-corrected chi connectivity index (χ0v) is 18.3. The number of hydrogen-bond donors (Lipinski definition) is 5. The number of ether oxygens (including phenoxy) is 2. The lowest BCUT2D eigenvalue weighted by Crippen LogP contribution is -2.60. The van der Waals surface area contributed by atoms with Gasteiger partial charge in [0, 0.05) is 25.3 Å². The second-order valence-electron chi connectivity index (χ2n) is 7.64. The number of aliphatic hydroxyl groups is 4. The van der Waals surface area contributed by atoms with Gasteiger partial charge in [0.2, 0.25) is 6.29 Å². The van der Waals surface area contributed by atoms with Crippen molar-refractivity contribution in [3.8, 4) is 5.75 Å². The van der Waals surface area contributed by atoms with Crippen molar-refractivity contribution in [3.63, 3.8) is 0 Å². The summed E-state index contributed by atoms with van der Waals surface area (Å²) in [6.07, 6.45) is -1.67. The number of aryl methyl sites for hydroxylation is 1. The number of carbonyl (C=O) groups excluding carboxylic acids is 1. The predicted molar refractivity (Wildman–Crippen MR) is 114 cm³/mol. The van der Waals surface area contributed by atoms with Crippen LogP contribution in [0.3, 0.4) is 0 Å². The van der Waals surface area contributed by atoms with Crippen LogP contribution < -0.4 is 10.4 Å². The van der Waals surface area contributed by atoms with Crippen LogP contribution in [0.15, 0.2) is 21.3 Å². The summed E-state index contributed by atoms with van der Waals surface area (Å²) in [5.41, 5.74) is -0.591. The van der Waals surface area contributed by atoms with Crippen molar-refractivity contribution >= 4 is 18.4 Å². The Hall–Kier alpha value is -1.43. The van der Waals surface area contributed by atoms with Gasteiger partial charge in [-0.25, -0.2) is 4.79 Å². The molecule has 2 heterocycles. The molecule has 1 aliphatic rings. The van der Waals surface area contributed by atoms with E-state index >= 15 is 0 Å². The van der Waals surface area contributed by atoms with Gasteiger partial charge in [0.25, 0.3) is 0 Å². The third-order valence-corrected chi connectivity index (χ3v) is 5.50. The van der Waals surface area contributed by atoms with Crippen LogP contribution in [0.25, 0.3) is 0 Å². The standard InChI is InChI=1S/C21H32O9S/c22-12-16-18(25)19(26)20(27)21(30-16)29-15-9-10-17(24)28-14(15)8-5-7-13(23)6-3-1-2-4-11-31/h9-10,16,18-22,25-27,31H,1-8,11-12H2. The van der Waals surface area contributed by atoms with Crippen molar-refractivity contribution in [1.29, 1.82) is 0 Å². The van der Waals surface area contributed by atoms with Crippen LogP contribution in [0.2, 0.25) is 0 Å². The van der Waals surface area contributed by atoms with Crippen molar-refractivity contribution < 1.29 is 39.1 Å². The number of rotatable bonds is 13. The monoisotopic (exact) mass is 460 g/mol. The fourth-order valence-electron chi connectivity index (χ4n) is 3.37. The van der Waals surface area contributed by atoms with Crippen molar-refractivity contribution in [3.05, 3.63) is 28.3 Å². The number of aliphatic hydroxyl groups excluding tert-OH is 4. The molecule has 9 nitrogen and oxygen atoms in total. The molecular formula is C21H32O9S. The van der Waals surface area contributed by atoms with E-state index in [-0.39, 0.29) is 23.7 Å². The Labute approximate surface area is 186 Å². The number of hydrogen-bond acceptors (Lipinski definition) is 10. The summed E-state index contributed by atoms with van der Waals surface area (Å²) in [4.78, 5) is 23.7. The molecule has 0 saturated carbocycles. The van der Waals surface area contributed by atoms with Crippen LogP contribution in [0.5, 0.6) is 5.75 Å². The highest BCUT2D eigenvalue weighted by Crippen LogP contribution is 2.26. The summed E-state index contributed by atoms with van der Waals surface area (Å²) >= 11 is 4.16. The SMILES string of the molecule is O=C(CCCCCCS)CCCc1oc(=O)ccc1OC1OC(CO)C(O)C(O)C1O. The Balaban J connectivity index is 1.92. The quantitative estimate of drug-likeness (QED) is 0.211. The normalized spacial score (nSPS) is 26.0. The van der Waals surface area contributed by atoms with Gasteiger partial charge < -0.3 is 34.3 Å². The summed E-state index contributed by atoms with van der Waals surface area (Å²) in [5.74, 6) is 1.29. The minimum atomic E-state index is -1.58. The Morgan fingerprint density at radius 1 is 1.00 bits per heavy atom. The van der Waals surface area contributed by atoms with Crippen molar-refractivity contribution in [2.45, 2.75) is 82.1 Å². The van der Waals surface area contributed by atoms with Gasteiger partial charge in [0.1, 0.15) is 36.0 Å². The molecule has 176 valence electrons. The van der Waals surface area contributed by atoms with Crippen LogP contribution in [-0.4, -0.2) is 69.3 Å². The van der Waals surface area contributed by atoms with E-state index in [0.29, 0.717) is 19.3 Å². The smallest absolute Gasteiger partial charge is 0.336 e. The van der Waals surface area contributed by atoms with Crippen LogP contribution >= 0.6 is 12.6 Å². The van der Waals surface area contributed by atoms with Gasteiger partial charge in [-0.15, -0.1) is 0 Å². The van der Waals surface area contributed by atoms with E-state index in [9.17, 15) is 30.0 Å². The molecule has 2 rings (SSSR count). The molecule has 0 radical (unpaired) electrons. The molecule has 0 aromatic carbocycles. The lowest BCUT2D eigenvalue weighted by atomic mass is 9.99. The predicted octanol–water partition coefficient (Wildman–Crippen LogP) is 0.591. The van der Waals surface area contributed by atoms with Gasteiger partial charge in [-0.05, 0) is 31.1 Å². The fraction of sp³-hybridized carbons (Fsp3) is 0.714. The van der Waals surface area contributed by atoms with E-state index in [1.165, 1.54) is 6.07 Å². The van der Waals surface area contributed by atoms with E-state index in [0.717, 1.165) is 37.5 Å².